The zero-order valence-electron chi connectivity index (χ0n) is 11.3. The van der Waals surface area contributed by atoms with E-state index in [1.165, 1.54) is 19.3 Å². The van der Waals surface area contributed by atoms with E-state index in [2.05, 4.69) is 11.0 Å². The zero-order chi connectivity index (χ0) is 13.4. The number of anilines is 1. The summed E-state index contributed by atoms with van der Waals surface area (Å²) in [4.78, 5) is 2.37. The Morgan fingerprint density at radius 3 is 2.58 bits per heavy atom. The first-order chi connectivity index (χ1) is 9.19. The van der Waals surface area contributed by atoms with Gasteiger partial charge in [0.1, 0.15) is 0 Å². The van der Waals surface area contributed by atoms with Gasteiger partial charge in [-0.25, -0.2) is 0 Å². The highest BCUT2D eigenvalue weighted by Crippen LogP contribution is 2.41. The van der Waals surface area contributed by atoms with Gasteiger partial charge in [0, 0.05) is 24.3 Å². The number of rotatable bonds is 2. The van der Waals surface area contributed by atoms with Crippen LogP contribution in [0.5, 0.6) is 0 Å². The van der Waals surface area contributed by atoms with Crippen molar-refractivity contribution in [1.82, 2.24) is 0 Å². The molecule has 3 nitrogen and oxygen atoms in total. The van der Waals surface area contributed by atoms with Crippen molar-refractivity contribution in [3.05, 3.63) is 29.3 Å². The number of aliphatic hydroxyl groups is 1. The normalized spacial score (nSPS) is 27.1. The molecule has 2 fully saturated rings. The number of hydrogen-bond donors (Lipinski definition) is 1. The van der Waals surface area contributed by atoms with Gasteiger partial charge in [0.25, 0.3) is 0 Å². The Morgan fingerprint density at radius 2 is 2.00 bits per heavy atom. The average Bonchev–Trinajstić information content (AvgIpc) is 2.98. The number of aliphatic hydroxyl groups excluding tert-OH is 1. The van der Waals surface area contributed by atoms with Crippen molar-refractivity contribution in [2.24, 2.45) is 11.8 Å². The van der Waals surface area contributed by atoms with E-state index >= 15 is 0 Å². The molecule has 3 heteroatoms. The van der Waals surface area contributed by atoms with Crippen LogP contribution in [0, 0.1) is 23.2 Å². The van der Waals surface area contributed by atoms with E-state index in [0.29, 0.717) is 5.56 Å². The molecule has 1 aromatic rings. The van der Waals surface area contributed by atoms with Gasteiger partial charge in [-0.3, -0.25) is 0 Å². The van der Waals surface area contributed by atoms with Crippen LogP contribution in [-0.4, -0.2) is 18.2 Å². The van der Waals surface area contributed by atoms with Crippen molar-refractivity contribution >= 4 is 5.69 Å². The molecule has 0 amide bonds. The summed E-state index contributed by atoms with van der Waals surface area (Å²) in [6.07, 6.45) is 3.56. The van der Waals surface area contributed by atoms with Gasteiger partial charge < -0.3 is 10.0 Å². The highest BCUT2D eigenvalue weighted by molar-refractivity contribution is 5.59. The van der Waals surface area contributed by atoms with E-state index in [0.717, 1.165) is 36.2 Å². The molecule has 2 aliphatic rings. The lowest BCUT2D eigenvalue weighted by molar-refractivity contribution is 0.199. The molecule has 100 valence electrons. The fourth-order valence-corrected chi connectivity index (χ4v) is 3.67. The molecule has 3 unspecified atom stereocenters. The Hall–Kier alpha value is -1.53. The molecular weight excluding hydrogens is 236 g/mol. The monoisotopic (exact) mass is 256 g/mol. The minimum atomic E-state index is -0.483. The van der Waals surface area contributed by atoms with E-state index in [4.69, 9.17) is 5.26 Å². The summed E-state index contributed by atoms with van der Waals surface area (Å²) in [5.41, 5.74) is 2.68. The van der Waals surface area contributed by atoms with Gasteiger partial charge in [-0.2, -0.15) is 5.26 Å². The van der Waals surface area contributed by atoms with E-state index in [-0.39, 0.29) is 0 Å². The molecule has 1 aliphatic heterocycles. The van der Waals surface area contributed by atoms with Crippen LogP contribution in [0.15, 0.2) is 18.2 Å². The van der Waals surface area contributed by atoms with Crippen LogP contribution >= 0.6 is 0 Å². The largest absolute Gasteiger partial charge is 0.389 e. The van der Waals surface area contributed by atoms with Gasteiger partial charge in [0.15, 0.2) is 0 Å². The smallest absolute Gasteiger partial charge is 0.0992 e. The lowest BCUT2D eigenvalue weighted by Crippen LogP contribution is -2.22. The first-order valence-corrected chi connectivity index (χ1v) is 7.16. The predicted molar refractivity (Wildman–Crippen MR) is 74.8 cm³/mol. The second-order valence-electron chi connectivity index (χ2n) is 5.92. The maximum absolute atomic E-state index is 9.92. The molecule has 19 heavy (non-hydrogen) atoms. The van der Waals surface area contributed by atoms with E-state index in [1.54, 1.807) is 13.0 Å². The summed E-state index contributed by atoms with van der Waals surface area (Å²) < 4.78 is 0. The van der Waals surface area contributed by atoms with Crippen LogP contribution in [-0.2, 0) is 0 Å². The summed E-state index contributed by atoms with van der Waals surface area (Å²) in [7, 11) is 0. The molecule has 3 atom stereocenters. The third-order valence-electron chi connectivity index (χ3n) is 4.68. The van der Waals surface area contributed by atoms with Crippen LogP contribution < -0.4 is 4.90 Å². The standard InChI is InChI=1S/C16H20N2O/c1-11(19)15-6-5-12(8-17)7-16(15)18-9-13-3-2-4-14(13)10-18/h5-7,11,13-14,19H,2-4,9-10H2,1H3. The molecule has 1 saturated heterocycles. The van der Waals surface area contributed by atoms with Crippen LogP contribution in [0.3, 0.4) is 0 Å². The summed E-state index contributed by atoms with van der Waals surface area (Å²) in [5, 5.41) is 19.0. The molecular formula is C16H20N2O. The molecule has 0 bridgehead atoms. The Bertz CT molecular complexity index is 506. The Balaban J connectivity index is 1.93. The average molecular weight is 256 g/mol. The molecule has 1 N–H and O–H groups in total. The Labute approximate surface area is 114 Å². The van der Waals surface area contributed by atoms with Gasteiger partial charge in [0.05, 0.1) is 17.7 Å². The molecule has 0 spiro atoms. The minimum Gasteiger partial charge on any atom is -0.389 e. The van der Waals surface area contributed by atoms with E-state index in [1.807, 2.05) is 12.1 Å². The highest BCUT2D eigenvalue weighted by Gasteiger charge is 2.36. The molecule has 1 aliphatic carbocycles. The topological polar surface area (TPSA) is 47.3 Å². The van der Waals surface area contributed by atoms with Crippen LogP contribution in [0.2, 0.25) is 0 Å². The molecule has 0 radical (unpaired) electrons. The molecule has 1 saturated carbocycles. The van der Waals surface area contributed by atoms with Crippen molar-refractivity contribution in [2.75, 3.05) is 18.0 Å². The maximum atomic E-state index is 9.92. The van der Waals surface area contributed by atoms with Gasteiger partial charge in [-0.05, 0) is 43.7 Å². The third-order valence-corrected chi connectivity index (χ3v) is 4.68. The second kappa shape index (κ2) is 4.86. The van der Waals surface area contributed by atoms with Crippen LogP contribution in [0.1, 0.15) is 43.4 Å². The van der Waals surface area contributed by atoms with Gasteiger partial charge in [0.2, 0.25) is 0 Å². The second-order valence-corrected chi connectivity index (χ2v) is 5.92. The van der Waals surface area contributed by atoms with Gasteiger partial charge >= 0.3 is 0 Å². The fraction of sp³-hybridized carbons (Fsp3) is 0.562. The molecule has 3 rings (SSSR count). The Morgan fingerprint density at radius 1 is 1.32 bits per heavy atom. The maximum Gasteiger partial charge on any atom is 0.0992 e. The minimum absolute atomic E-state index is 0.483. The van der Waals surface area contributed by atoms with Crippen LogP contribution in [0.25, 0.3) is 0 Å². The SMILES string of the molecule is CC(O)c1ccc(C#N)cc1N1CC2CCCC2C1. The zero-order valence-corrected chi connectivity index (χ0v) is 11.3. The molecule has 1 heterocycles. The fourth-order valence-electron chi connectivity index (χ4n) is 3.67. The quantitative estimate of drug-likeness (QED) is 0.885. The summed E-state index contributed by atoms with van der Waals surface area (Å²) in [5.74, 6) is 1.63. The van der Waals surface area contributed by atoms with Crippen molar-refractivity contribution in [3.63, 3.8) is 0 Å². The first kappa shape index (κ1) is 12.5. The number of benzene rings is 1. The number of hydrogen-bond acceptors (Lipinski definition) is 3. The summed E-state index contributed by atoms with van der Waals surface area (Å²) in [6.45, 7) is 3.96. The van der Waals surface area contributed by atoms with E-state index in [9.17, 15) is 5.11 Å². The van der Waals surface area contributed by atoms with Crippen molar-refractivity contribution in [1.29, 1.82) is 5.26 Å². The third kappa shape index (κ3) is 2.21. The Kier molecular flexibility index (Phi) is 3.20. The van der Waals surface area contributed by atoms with Crippen molar-refractivity contribution < 1.29 is 5.11 Å². The summed E-state index contributed by atoms with van der Waals surface area (Å²) in [6, 6.07) is 7.82. The number of nitrogens with zero attached hydrogens (tertiary/aromatic N) is 2. The molecule has 0 aromatic heterocycles. The summed E-state index contributed by atoms with van der Waals surface area (Å²) >= 11 is 0. The lowest BCUT2D eigenvalue weighted by Gasteiger charge is -2.24. The molecule has 1 aromatic carbocycles. The van der Waals surface area contributed by atoms with E-state index < -0.39 is 6.10 Å². The van der Waals surface area contributed by atoms with Crippen molar-refractivity contribution in [2.45, 2.75) is 32.3 Å². The highest BCUT2D eigenvalue weighted by atomic mass is 16.3. The van der Waals surface area contributed by atoms with Crippen LogP contribution in [0.4, 0.5) is 5.69 Å². The van der Waals surface area contributed by atoms with Crippen molar-refractivity contribution in [3.8, 4) is 6.07 Å². The number of nitriles is 1. The van der Waals surface area contributed by atoms with Gasteiger partial charge in [-0.1, -0.05) is 12.5 Å². The lowest BCUT2D eigenvalue weighted by atomic mass is 10.0. The predicted octanol–water partition coefficient (Wildman–Crippen LogP) is 2.85. The van der Waals surface area contributed by atoms with Gasteiger partial charge in [-0.15, -0.1) is 0 Å². The number of fused-ring (bicyclic) bond motifs is 1. The first-order valence-electron chi connectivity index (χ1n) is 7.16.